The lowest BCUT2D eigenvalue weighted by Gasteiger charge is -2.30. The van der Waals surface area contributed by atoms with Gasteiger partial charge in [-0.05, 0) is 55.9 Å². The summed E-state index contributed by atoms with van der Waals surface area (Å²) in [7, 11) is 0. The third-order valence-corrected chi connectivity index (χ3v) is 5.78. The second-order valence-electron chi connectivity index (χ2n) is 7.95. The average Bonchev–Trinajstić information content (AvgIpc) is 2.63. The van der Waals surface area contributed by atoms with Crippen molar-refractivity contribution in [2.24, 2.45) is 17.8 Å². The van der Waals surface area contributed by atoms with Gasteiger partial charge in [-0.2, -0.15) is 11.8 Å². The molecule has 0 aliphatic heterocycles. The molecule has 5 N–H and O–H groups in total. The van der Waals surface area contributed by atoms with Crippen LogP contribution < -0.4 is 21.5 Å². The molecular weight excluding hydrogens is 366 g/mol. The minimum atomic E-state index is -1.22. The highest BCUT2D eigenvalue weighted by Gasteiger charge is 2.28. The molecule has 0 aromatic rings. The number of carbonyl (C=O) groups is 3. The predicted octanol–water partition coefficient (Wildman–Crippen LogP) is -0.447. The summed E-state index contributed by atoms with van der Waals surface area (Å²) in [5, 5.41) is 16.8. The maximum atomic E-state index is 12.4. The molecule has 1 aliphatic carbocycles. The molecule has 0 bridgehead atoms. The van der Waals surface area contributed by atoms with Gasteiger partial charge in [0, 0.05) is 18.9 Å². The van der Waals surface area contributed by atoms with Crippen molar-refractivity contribution in [2.75, 3.05) is 18.6 Å². The number of rotatable bonds is 11. The van der Waals surface area contributed by atoms with Gasteiger partial charge >= 0.3 is 0 Å². The summed E-state index contributed by atoms with van der Waals surface area (Å²) in [6.45, 7) is 4.45. The lowest BCUT2D eigenvalue weighted by atomic mass is 9.81. The van der Waals surface area contributed by atoms with E-state index in [1.807, 2.05) is 20.1 Å². The summed E-state index contributed by atoms with van der Waals surface area (Å²) in [4.78, 5) is 35.6. The molecule has 0 aromatic heterocycles. The van der Waals surface area contributed by atoms with Crippen molar-refractivity contribution in [1.82, 2.24) is 10.6 Å². The zero-order valence-electron chi connectivity index (χ0n) is 16.8. The fraction of sp³-hybridized carbons (Fsp3) is 0.842. The highest BCUT2D eigenvalue weighted by atomic mass is 32.2. The molecule has 1 saturated carbocycles. The summed E-state index contributed by atoms with van der Waals surface area (Å²) in [5.74, 6) is -0.132. The third kappa shape index (κ3) is 8.97. The van der Waals surface area contributed by atoms with Gasteiger partial charge in [0.25, 0.3) is 5.91 Å². The van der Waals surface area contributed by atoms with Crippen LogP contribution >= 0.6 is 11.8 Å². The van der Waals surface area contributed by atoms with Gasteiger partial charge in [0.05, 0.1) is 12.0 Å². The maximum absolute atomic E-state index is 12.4. The van der Waals surface area contributed by atoms with Crippen LogP contribution in [0.4, 0.5) is 0 Å². The molecule has 2 amide bonds. The Balaban J connectivity index is 2.35. The maximum Gasteiger partial charge on any atom is 0.278 e. The first-order valence-electron chi connectivity index (χ1n) is 9.85. The average molecular weight is 402 g/mol. The van der Waals surface area contributed by atoms with Gasteiger partial charge in [-0.25, -0.2) is 0 Å². The van der Waals surface area contributed by atoms with Gasteiger partial charge in [-0.1, -0.05) is 13.8 Å². The normalized spacial score (nSPS) is 22.1. The van der Waals surface area contributed by atoms with E-state index < -0.39 is 12.0 Å². The number of carboxylic acids is 1. The van der Waals surface area contributed by atoms with Crippen LogP contribution in [-0.4, -0.2) is 48.4 Å². The molecule has 1 rings (SSSR count). The topological polar surface area (TPSA) is 126 Å². The van der Waals surface area contributed by atoms with Crippen molar-refractivity contribution in [3.8, 4) is 0 Å². The minimum absolute atomic E-state index is 0.00518. The van der Waals surface area contributed by atoms with Gasteiger partial charge in [0.2, 0.25) is 5.91 Å². The Kier molecular flexibility index (Phi) is 10.8. The van der Waals surface area contributed by atoms with Crippen LogP contribution in [0, 0.1) is 17.8 Å². The fourth-order valence-corrected chi connectivity index (χ4v) is 3.90. The van der Waals surface area contributed by atoms with Crippen LogP contribution in [0.3, 0.4) is 0 Å². The SMILES string of the molecule is CSCC[C@H]([NH3+])C(=O)NCC1CCC(C(=O)N[C@H](CC(C)C)C(=O)[O-])CC1. The summed E-state index contributed by atoms with van der Waals surface area (Å²) >= 11 is 1.71. The number of hydrogen-bond donors (Lipinski definition) is 3. The zero-order valence-corrected chi connectivity index (χ0v) is 17.6. The van der Waals surface area contributed by atoms with E-state index in [2.05, 4.69) is 16.4 Å². The molecule has 156 valence electrons. The Labute approximate surface area is 166 Å². The molecule has 0 spiro atoms. The third-order valence-electron chi connectivity index (χ3n) is 5.13. The molecule has 0 saturated heterocycles. The number of amides is 2. The van der Waals surface area contributed by atoms with Gasteiger partial charge < -0.3 is 26.3 Å². The first kappa shape index (κ1) is 23.8. The Bertz CT molecular complexity index is 493. The van der Waals surface area contributed by atoms with E-state index in [0.29, 0.717) is 31.7 Å². The summed E-state index contributed by atoms with van der Waals surface area (Å²) in [6.07, 6.45) is 6.30. The largest absolute Gasteiger partial charge is 0.548 e. The van der Waals surface area contributed by atoms with Crippen molar-refractivity contribution in [1.29, 1.82) is 0 Å². The predicted molar refractivity (Wildman–Crippen MR) is 105 cm³/mol. The van der Waals surface area contributed by atoms with Crippen LogP contribution in [0.1, 0.15) is 52.4 Å². The van der Waals surface area contributed by atoms with Gasteiger partial charge in [-0.15, -0.1) is 0 Å². The number of carbonyl (C=O) groups excluding carboxylic acids is 3. The van der Waals surface area contributed by atoms with Gasteiger partial charge in [0.15, 0.2) is 6.04 Å². The standard InChI is InChI=1S/C19H35N3O4S/c1-12(2)10-16(19(25)26)22-17(23)14-6-4-13(5-7-14)11-21-18(24)15(20)8-9-27-3/h12-16H,4-11,20H2,1-3H3,(H,21,24)(H,22,23)(H,25,26)/t13?,14?,15-,16+/m0/s1. The van der Waals surface area contributed by atoms with E-state index >= 15 is 0 Å². The lowest BCUT2D eigenvalue weighted by Crippen LogP contribution is -2.67. The second kappa shape index (κ2) is 12.2. The molecule has 27 heavy (non-hydrogen) atoms. The zero-order chi connectivity index (χ0) is 20.4. The van der Waals surface area contributed by atoms with Gasteiger partial charge in [0.1, 0.15) is 0 Å². The highest BCUT2D eigenvalue weighted by Crippen LogP contribution is 2.28. The molecular formula is C19H35N3O4S. The number of carboxylic acid groups (broad SMARTS) is 1. The lowest BCUT2D eigenvalue weighted by molar-refractivity contribution is -0.403. The van der Waals surface area contributed by atoms with Crippen LogP contribution in [0.2, 0.25) is 0 Å². The highest BCUT2D eigenvalue weighted by molar-refractivity contribution is 7.98. The van der Waals surface area contributed by atoms with Crippen molar-refractivity contribution in [2.45, 2.75) is 64.5 Å². The smallest absolute Gasteiger partial charge is 0.278 e. The Morgan fingerprint density at radius 2 is 1.81 bits per heavy atom. The van der Waals surface area contributed by atoms with E-state index in [0.717, 1.165) is 25.0 Å². The monoisotopic (exact) mass is 401 g/mol. The minimum Gasteiger partial charge on any atom is -0.548 e. The summed E-state index contributed by atoms with van der Waals surface area (Å²) in [6, 6.07) is -1.15. The molecule has 8 heteroatoms. The van der Waals surface area contributed by atoms with Crippen LogP contribution in [0.5, 0.6) is 0 Å². The van der Waals surface area contributed by atoms with Crippen LogP contribution in [-0.2, 0) is 14.4 Å². The number of nitrogens with one attached hydrogen (secondary N) is 2. The quantitative estimate of drug-likeness (QED) is 0.432. The Hall–Kier alpha value is -1.28. The molecule has 2 atom stereocenters. The van der Waals surface area contributed by atoms with E-state index in [4.69, 9.17) is 0 Å². The van der Waals surface area contributed by atoms with E-state index in [9.17, 15) is 19.5 Å². The number of hydrogen-bond acceptors (Lipinski definition) is 5. The molecule has 0 heterocycles. The van der Waals surface area contributed by atoms with Crippen molar-refractivity contribution >= 4 is 29.5 Å². The Morgan fingerprint density at radius 3 is 2.33 bits per heavy atom. The first-order valence-corrected chi connectivity index (χ1v) is 11.2. The fourth-order valence-electron chi connectivity index (χ4n) is 3.38. The molecule has 7 nitrogen and oxygen atoms in total. The molecule has 1 fully saturated rings. The molecule has 1 aliphatic rings. The molecule has 0 radical (unpaired) electrons. The van der Waals surface area contributed by atoms with E-state index in [-0.39, 0.29) is 29.7 Å². The summed E-state index contributed by atoms with van der Waals surface area (Å²) < 4.78 is 0. The number of aliphatic carboxylic acids is 1. The number of thioether (sulfide) groups is 1. The van der Waals surface area contributed by atoms with Crippen LogP contribution in [0.15, 0.2) is 0 Å². The van der Waals surface area contributed by atoms with E-state index in [1.165, 1.54) is 0 Å². The number of quaternary nitrogens is 1. The van der Waals surface area contributed by atoms with E-state index in [1.54, 1.807) is 11.8 Å². The van der Waals surface area contributed by atoms with Gasteiger partial charge in [-0.3, -0.25) is 9.59 Å². The summed E-state index contributed by atoms with van der Waals surface area (Å²) in [5.41, 5.74) is 3.91. The van der Waals surface area contributed by atoms with Crippen molar-refractivity contribution in [3.05, 3.63) is 0 Å². The second-order valence-corrected chi connectivity index (χ2v) is 8.94. The van der Waals surface area contributed by atoms with Crippen LogP contribution in [0.25, 0.3) is 0 Å². The van der Waals surface area contributed by atoms with Crippen molar-refractivity contribution < 1.29 is 25.2 Å². The first-order chi connectivity index (χ1) is 12.7. The molecule has 0 unspecified atom stereocenters. The Morgan fingerprint density at radius 1 is 1.19 bits per heavy atom. The van der Waals surface area contributed by atoms with Crippen molar-refractivity contribution in [3.63, 3.8) is 0 Å². The molecule has 0 aromatic carbocycles.